The second kappa shape index (κ2) is 15.0. The lowest BCUT2D eigenvalue weighted by Gasteiger charge is -2.28. The fraction of sp³-hybridized carbons (Fsp3) is 0.246. The molecule has 0 saturated heterocycles. The van der Waals surface area contributed by atoms with Crippen molar-refractivity contribution in [3.8, 4) is 5.69 Å². The fourth-order valence-corrected chi connectivity index (χ4v) is 11.5. The van der Waals surface area contributed by atoms with Gasteiger partial charge in [-0.05, 0) is 152 Å². The summed E-state index contributed by atoms with van der Waals surface area (Å²) in [5, 5.41) is 2.34. The number of nitrogens with two attached hydrogens (primary N) is 1. The molecule has 12 rings (SSSR count). The molecule has 0 fully saturated rings. The average molecular weight is 794 g/mol. The molecule has 0 radical (unpaired) electrons. The van der Waals surface area contributed by atoms with Gasteiger partial charge in [-0.3, -0.25) is 5.32 Å². The highest BCUT2D eigenvalue weighted by Gasteiger charge is 2.36. The third-order valence-electron chi connectivity index (χ3n) is 14.5. The minimum absolute atomic E-state index is 0.0306. The molecule has 0 spiro atoms. The summed E-state index contributed by atoms with van der Waals surface area (Å²) in [4.78, 5) is 5.45. The molecule has 5 atom stereocenters. The number of benzene rings is 2. The van der Waals surface area contributed by atoms with Crippen LogP contribution in [0.1, 0.15) is 101 Å². The number of hydrogen-bond donors (Lipinski definition) is 1. The first-order valence-electron chi connectivity index (χ1n) is 22.8. The lowest BCUT2D eigenvalue weighted by atomic mass is 9.75. The van der Waals surface area contributed by atoms with E-state index < -0.39 is 0 Å². The van der Waals surface area contributed by atoms with Crippen LogP contribution in [0.3, 0.4) is 0 Å². The summed E-state index contributed by atoms with van der Waals surface area (Å²) >= 11 is 0. The topological polar surface area (TPSA) is 38.8 Å². The van der Waals surface area contributed by atoms with Gasteiger partial charge in [0, 0.05) is 51.4 Å². The van der Waals surface area contributed by atoms with Crippen LogP contribution >= 0.6 is 0 Å². The Morgan fingerprint density at radius 3 is 2.26 bits per heavy atom. The number of para-hydroxylation sites is 1. The van der Waals surface area contributed by atoms with Crippen molar-refractivity contribution in [1.82, 2.24) is 9.13 Å². The number of nitrogens with zero attached hydrogens (tertiary/aromatic N) is 3. The smallest absolute Gasteiger partial charge is 0.210 e. The predicted octanol–water partition coefficient (Wildman–Crippen LogP) is 12.3. The summed E-state index contributed by atoms with van der Waals surface area (Å²) < 4.78 is 5.15. The number of hydrogen-bond acceptors (Lipinski definition) is 1. The largest absolute Gasteiger partial charge is 0.317 e. The summed E-state index contributed by atoms with van der Waals surface area (Å²) in [6.07, 6.45) is 52.2. The minimum Gasteiger partial charge on any atom is -0.317 e. The van der Waals surface area contributed by atoms with Crippen LogP contribution in [0.4, 0.5) is 5.69 Å². The van der Waals surface area contributed by atoms with E-state index in [1.165, 1.54) is 84.5 Å². The van der Waals surface area contributed by atoms with Crippen molar-refractivity contribution < 1.29 is 5.32 Å². The number of fused-ring (bicyclic) bond motifs is 7. The van der Waals surface area contributed by atoms with Crippen LogP contribution in [0.2, 0.25) is 0 Å². The van der Waals surface area contributed by atoms with Gasteiger partial charge in [0.15, 0.2) is 0 Å². The molecule has 1 aliphatic heterocycles. The molecule has 4 aromatic rings. The van der Waals surface area contributed by atoms with Gasteiger partial charge in [-0.25, -0.2) is 4.99 Å². The van der Waals surface area contributed by atoms with Gasteiger partial charge in [-0.15, -0.1) is 0 Å². The van der Waals surface area contributed by atoms with E-state index >= 15 is 0 Å². The van der Waals surface area contributed by atoms with Gasteiger partial charge in [0.1, 0.15) is 5.69 Å². The summed E-state index contributed by atoms with van der Waals surface area (Å²) in [5.74, 6) is 1.32. The molecule has 4 nitrogen and oxygen atoms in total. The lowest BCUT2D eigenvalue weighted by molar-refractivity contribution is -0.617. The molecule has 8 aliphatic rings. The van der Waals surface area contributed by atoms with Crippen LogP contribution in [-0.4, -0.2) is 14.8 Å². The van der Waals surface area contributed by atoms with Crippen molar-refractivity contribution in [3.05, 3.63) is 202 Å². The highest BCUT2D eigenvalue weighted by Crippen LogP contribution is 2.47. The number of quaternary nitrogens is 1. The Morgan fingerprint density at radius 2 is 1.48 bits per heavy atom. The first-order chi connectivity index (χ1) is 30.2. The van der Waals surface area contributed by atoms with Gasteiger partial charge in [-0.1, -0.05) is 110 Å². The Hall–Kier alpha value is -6.23. The molecular formula is C57H53N4+. The number of aromatic nitrogens is 2. The highest BCUT2D eigenvalue weighted by atomic mass is 15.1. The van der Waals surface area contributed by atoms with Crippen molar-refractivity contribution in [2.75, 3.05) is 0 Å². The molecule has 4 heteroatoms. The lowest BCUT2D eigenvalue weighted by Crippen LogP contribution is -2.80. The molecule has 3 heterocycles. The van der Waals surface area contributed by atoms with Gasteiger partial charge in [0.2, 0.25) is 6.17 Å². The number of aliphatic imine (C=N–C) groups is 1. The van der Waals surface area contributed by atoms with E-state index in [1.807, 2.05) is 0 Å². The Kier molecular flexibility index (Phi) is 9.03. The molecule has 2 N–H and O–H groups in total. The summed E-state index contributed by atoms with van der Waals surface area (Å²) in [6, 6.07) is 18.0. The summed E-state index contributed by atoms with van der Waals surface area (Å²) in [7, 11) is 0. The normalized spacial score (nSPS) is 25.3. The SMILES string of the molecule is C=C1c2c(c3c(n2-c2ccc(C4N=C(C5C=CC=CC5)c5ccccc5[NH2+]4)cc2)C=CC(C2C=Cc4c(c5c(n4C4=CC=CCC4)CCC=C5)C2)C3)C=CC1C1=CCCC=C1. The van der Waals surface area contributed by atoms with Crippen molar-refractivity contribution in [1.29, 1.82) is 0 Å². The maximum Gasteiger partial charge on any atom is 0.210 e. The number of rotatable bonds is 6. The van der Waals surface area contributed by atoms with Crippen LogP contribution in [0, 0.1) is 23.7 Å². The standard InChI is InChI=1S/C57H52N4/c1-37-45(38-15-5-2-6-16-38)31-32-47-50-36-42(41-27-33-53-49(35-41)46-21-12-14-24-52(46)60(53)43-19-9-4-10-20-43)28-34-54(50)61(56(37)47)44-29-25-40(26-30-44)57-58-51-23-13-11-22-48(51)55(59-57)39-17-7-3-8-18-39/h3-5,7-9,11-13,15-17,19,21-23,25-34,39,41-42,45,57-58H,1-2,6,10,14,18,20,24,35-36H2/p+1. The first kappa shape index (κ1) is 36.6. The molecule has 7 aliphatic carbocycles. The maximum absolute atomic E-state index is 5.45. The van der Waals surface area contributed by atoms with E-state index in [1.54, 1.807) is 5.56 Å². The molecule has 0 amide bonds. The quantitative estimate of drug-likeness (QED) is 0.189. The number of allylic oxidation sites excluding steroid dienone is 17. The van der Waals surface area contributed by atoms with E-state index in [-0.39, 0.29) is 12.1 Å². The van der Waals surface area contributed by atoms with Crippen LogP contribution in [0.15, 0.2) is 151 Å². The van der Waals surface area contributed by atoms with E-state index in [0.717, 1.165) is 57.8 Å². The Labute approximate surface area is 360 Å². The second-order valence-corrected chi connectivity index (χ2v) is 18.0. The Bertz CT molecular complexity index is 2840. The van der Waals surface area contributed by atoms with Gasteiger partial charge < -0.3 is 9.13 Å². The van der Waals surface area contributed by atoms with Crippen molar-refractivity contribution in [3.63, 3.8) is 0 Å². The molecule has 0 saturated carbocycles. The van der Waals surface area contributed by atoms with E-state index in [9.17, 15) is 0 Å². The highest BCUT2D eigenvalue weighted by molar-refractivity contribution is 6.07. The predicted molar refractivity (Wildman–Crippen MR) is 254 cm³/mol. The Balaban J connectivity index is 0.902. The van der Waals surface area contributed by atoms with Crippen molar-refractivity contribution in [2.45, 2.75) is 64.0 Å². The summed E-state index contributed by atoms with van der Waals surface area (Å²) in [5.41, 5.74) is 21.4. The van der Waals surface area contributed by atoms with Gasteiger partial charge in [0.05, 0.1) is 17.0 Å². The zero-order valence-electron chi connectivity index (χ0n) is 34.9. The molecule has 5 unspecified atom stereocenters. The van der Waals surface area contributed by atoms with Crippen LogP contribution < -0.4 is 5.32 Å². The minimum atomic E-state index is -0.0306. The first-order valence-corrected chi connectivity index (χ1v) is 22.8. The third-order valence-corrected chi connectivity index (χ3v) is 14.5. The molecule has 61 heavy (non-hydrogen) atoms. The van der Waals surface area contributed by atoms with E-state index in [2.05, 4.69) is 172 Å². The third kappa shape index (κ3) is 6.17. The van der Waals surface area contributed by atoms with Crippen LogP contribution in [0.25, 0.3) is 41.3 Å². The van der Waals surface area contributed by atoms with Gasteiger partial charge >= 0.3 is 0 Å². The van der Waals surface area contributed by atoms with Gasteiger partial charge in [0.25, 0.3) is 0 Å². The molecule has 0 bridgehead atoms. The maximum atomic E-state index is 5.45. The zero-order chi connectivity index (χ0) is 40.4. The molecular weight excluding hydrogens is 741 g/mol. The fourth-order valence-electron chi connectivity index (χ4n) is 11.5. The zero-order valence-corrected chi connectivity index (χ0v) is 34.9. The van der Waals surface area contributed by atoms with Crippen molar-refractivity contribution in [2.24, 2.45) is 28.7 Å². The monoisotopic (exact) mass is 793 g/mol. The average Bonchev–Trinajstić information content (AvgIpc) is 3.85. The van der Waals surface area contributed by atoms with Gasteiger partial charge in [-0.2, -0.15) is 0 Å². The molecule has 2 aromatic heterocycles. The summed E-state index contributed by atoms with van der Waals surface area (Å²) in [6.45, 7) is 4.89. The van der Waals surface area contributed by atoms with Crippen LogP contribution in [0.5, 0.6) is 0 Å². The van der Waals surface area contributed by atoms with Crippen LogP contribution in [-0.2, 0) is 19.3 Å². The van der Waals surface area contributed by atoms with E-state index in [4.69, 9.17) is 11.6 Å². The van der Waals surface area contributed by atoms with E-state index in [0.29, 0.717) is 17.8 Å². The second-order valence-electron chi connectivity index (χ2n) is 18.0. The molecule has 2 aromatic carbocycles. The Morgan fingerprint density at radius 1 is 0.672 bits per heavy atom. The molecule has 300 valence electrons. The van der Waals surface area contributed by atoms with Crippen molar-refractivity contribution >= 4 is 47.0 Å².